The van der Waals surface area contributed by atoms with E-state index in [1.807, 2.05) is 72.8 Å². The number of hydrogen-bond acceptors (Lipinski definition) is 4. The lowest BCUT2D eigenvalue weighted by Crippen LogP contribution is -2.34. The van der Waals surface area contributed by atoms with Gasteiger partial charge in [0.05, 0.1) is 5.52 Å². The minimum absolute atomic E-state index is 0.0307. The largest absolute Gasteiger partial charge is 0.355 e. The second-order valence-electron chi connectivity index (χ2n) is 8.75. The van der Waals surface area contributed by atoms with E-state index in [0.717, 1.165) is 38.9 Å². The van der Waals surface area contributed by atoms with Crippen LogP contribution < -0.4 is 10.2 Å². The van der Waals surface area contributed by atoms with Crippen molar-refractivity contribution < 1.29 is 4.79 Å². The third-order valence-electron chi connectivity index (χ3n) is 5.49. The molecule has 4 aromatic rings. The predicted molar refractivity (Wildman–Crippen MR) is 143 cm³/mol. The summed E-state index contributed by atoms with van der Waals surface area (Å²) in [4.78, 5) is 24.7. The molecule has 34 heavy (non-hydrogen) atoms. The average molecular weight is 517 g/mol. The van der Waals surface area contributed by atoms with E-state index in [-0.39, 0.29) is 5.91 Å². The number of fused-ring (bicyclic) bond motifs is 1. The van der Waals surface area contributed by atoms with E-state index in [2.05, 4.69) is 46.1 Å². The topological polar surface area (TPSA) is 58.1 Å². The number of halogens is 1. The van der Waals surface area contributed by atoms with Crippen molar-refractivity contribution in [1.29, 1.82) is 0 Å². The minimum Gasteiger partial charge on any atom is -0.355 e. The van der Waals surface area contributed by atoms with Gasteiger partial charge in [-0.05, 0) is 35.7 Å². The molecule has 0 spiro atoms. The molecule has 0 atom stereocenters. The normalized spacial score (nSPS) is 11.1. The van der Waals surface area contributed by atoms with Gasteiger partial charge in [0.25, 0.3) is 0 Å². The monoisotopic (exact) mass is 516 g/mol. The molecule has 0 saturated carbocycles. The summed E-state index contributed by atoms with van der Waals surface area (Å²) in [6.45, 7) is 6.28. The standard InChI is InChI=1S/C28H29BrN4O/c1-20(2)19-33(16-15-26(34)30-18-21-9-4-3-5-10-21)28-24-13-6-7-14-25(24)31-27(32-28)22-11-8-12-23(29)17-22/h3-14,17,20H,15-16,18-19H2,1-2H3,(H,30,34). The second kappa shape index (κ2) is 11.3. The van der Waals surface area contributed by atoms with Crippen LogP contribution in [0.1, 0.15) is 25.8 Å². The molecular formula is C28H29BrN4O. The second-order valence-corrected chi connectivity index (χ2v) is 9.67. The van der Waals surface area contributed by atoms with Crippen LogP contribution in [0.4, 0.5) is 5.82 Å². The molecule has 1 amide bonds. The Bertz CT molecular complexity index is 1260. The van der Waals surface area contributed by atoms with Crippen LogP contribution in [0.25, 0.3) is 22.3 Å². The highest BCUT2D eigenvalue weighted by Gasteiger charge is 2.18. The Morgan fingerprint density at radius 2 is 1.74 bits per heavy atom. The van der Waals surface area contributed by atoms with Crippen LogP contribution in [-0.2, 0) is 11.3 Å². The van der Waals surface area contributed by atoms with Crippen LogP contribution in [0.3, 0.4) is 0 Å². The van der Waals surface area contributed by atoms with Gasteiger partial charge in [0, 0.05) is 41.5 Å². The van der Waals surface area contributed by atoms with Crippen molar-refractivity contribution >= 4 is 38.6 Å². The Hall–Kier alpha value is -3.25. The number of carbonyl (C=O) groups is 1. The van der Waals surface area contributed by atoms with E-state index in [9.17, 15) is 4.79 Å². The van der Waals surface area contributed by atoms with Gasteiger partial charge in [-0.3, -0.25) is 4.79 Å². The van der Waals surface area contributed by atoms with Crippen molar-refractivity contribution in [2.75, 3.05) is 18.0 Å². The van der Waals surface area contributed by atoms with Crippen molar-refractivity contribution in [3.8, 4) is 11.4 Å². The fraction of sp³-hybridized carbons (Fsp3) is 0.250. The van der Waals surface area contributed by atoms with Gasteiger partial charge in [-0.15, -0.1) is 0 Å². The Kier molecular flexibility index (Phi) is 7.91. The van der Waals surface area contributed by atoms with Crippen LogP contribution in [-0.4, -0.2) is 29.0 Å². The van der Waals surface area contributed by atoms with Crippen LogP contribution in [0.2, 0.25) is 0 Å². The summed E-state index contributed by atoms with van der Waals surface area (Å²) >= 11 is 3.55. The molecule has 0 aliphatic heterocycles. The number of amides is 1. The third kappa shape index (κ3) is 6.20. The molecule has 3 aromatic carbocycles. The van der Waals surface area contributed by atoms with Gasteiger partial charge in [0.15, 0.2) is 5.82 Å². The first kappa shape index (κ1) is 23.9. The zero-order valence-corrected chi connectivity index (χ0v) is 21.1. The molecule has 1 N–H and O–H groups in total. The lowest BCUT2D eigenvalue weighted by atomic mass is 10.1. The van der Waals surface area contributed by atoms with Gasteiger partial charge in [0.1, 0.15) is 5.82 Å². The van der Waals surface area contributed by atoms with Crippen LogP contribution in [0.15, 0.2) is 83.3 Å². The zero-order valence-electron chi connectivity index (χ0n) is 19.5. The fourth-order valence-corrected chi connectivity index (χ4v) is 4.30. The highest BCUT2D eigenvalue weighted by molar-refractivity contribution is 9.10. The molecule has 1 aromatic heterocycles. The van der Waals surface area contributed by atoms with E-state index >= 15 is 0 Å². The molecule has 5 nitrogen and oxygen atoms in total. The minimum atomic E-state index is 0.0307. The molecule has 0 radical (unpaired) electrons. The lowest BCUT2D eigenvalue weighted by Gasteiger charge is -2.27. The lowest BCUT2D eigenvalue weighted by molar-refractivity contribution is -0.121. The van der Waals surface area contributed by atoms with Gasteiger partial charge < -0.3 is 10.2 Å². The fourth-order valence-electron chi connectivity index (χ4n) is 3.90. The van der Waals surface area contributed by atoms with Gasteiger partial charge in [0.2, 0.25) is 5.91 Å². The molecular weight excluding hydrogens is 488 g/mol. The van der Waals surface area contributed by atoms with Crippen molar-refractivity contribution in [3.05, 3.63) is 88.9 Å². The van der Waals surface area contributed by atoms with Gasteiger partial charge >= 0.3 is 0 Å². The summed E-state index contributed by atoms with van der Waals surface area (Å²) in [7, 11) is 0. The highest BCUT2D eigenvalue weighted by atomic mass is 79.9. The number of anilines is 1. The van der Waals surface area contributed by atoms with Gasteiger partial charge in [-0.25, -0.2) is 9.97 Å². The van der Waals surface area contributed by atoms with E-state index < -0.39 is 0 Å². The molecule has 0 aliphatic rings. The Morgan fingerprint density at radius 1 is 0.971 bits per heavy atom. The maximum Gasteiger partial charge on any atom is 0.222 e. The number of carbonyl (C=O) groups excluding carboxylic acids is 1. The molecule has 174 valence electrons. The number of hydrogen-bond donors (Lipinski definition) is 1. The third-order valence-corrected chi connectivity index (χ3v) is 5.99. The number of benzene rings is 3. The van der Waals surface area contributed by atoms with Gasteiger partial charge in [-0.1, -0.05) is 84.4 Å². The zero-order chi connectivity index (χ0) is 23.9. The molecule has 6 heteroatoms. The Labute approximate surface area is 209 Å². The summed E-state index contributed by atoms with van der Waals surface area (Å²) < 4.78 is 0.984. The van der Waals surface area contributed by atoms with Crippen molar-refractivity contribution in [2.45, 2.75) is 26.8 Å². The SMILES string of the molecule is CC(C)CN(CCC(=O)NCc1ccccc1)c1nc(-c2cccc(Br)c2)nc2ccccc12. The summed E-state index contributed by atoms with van der Waals surface area (Å²) in [6, 6.07) is 26.1. The maximum absolute atomic E-state index is 12.7. The van der Waals surface area contributed by atoms with E-state index in [1.54, 1.807) is 0 Å². The molecule has 0 saturated heterocycles. The molecule has 0 fully saturated rings. The number of rotatable bonds is 9. The summed E-state index contributed by atoms with van der Waals surface area (Å²) in [6.07, 6.45) is 0.393. The number of aromatic nitrogens is 2. The Balaban J connectivity index is 1.60. The van der Waals surface area contributed by atoms with Crippen LogP contribution in [0.5, 0.6) is 0 Å². The number of para-hydroxylation sites is 1. The summed E-state index contributed by atoms with van der Waals surface area (Å²) in [5.41, 5.74) is 2.94. The van der Waals surface area contributed by atoms with E-state index in [0.29, 0.717) is 31.3 Å². The van der Waals surface area contributed by atoms with E-state index in [4.69, 9.17) is 9.97 Å². The molecule has 0 unspecified atom stereocenters. The van der Waals surface area contributed by atoms with Crippen molar-refractivity contribution in [1.82, 2.24) is 15.3 Å². The Morgan fingerprint density at radius 3 is 2.50 bits per heavy atom. The first-order chi connectivity index (χ1) is 16.5. The summed E-state index contributed by atoms with van der Waals surface area (Å²) in [5, 5.41) is 4.03. The molecule has 0 bridgehead atoms. The average Bonchev–Trinajstić information content (AvgIpc) is 2.85. The van der Waals surface area contributed by atoms with Gasteiger partial charge in [-0.2, -0.15) is 0 Å². The first-order valence-electron chi connectivity index (χ1n) is 11.6. The van der Waals surface area contributed by atoms with Crippen molar-refractivity contribution in [3.63, 3.8) is 0 Å². The maximum atomic E-state index is 12.7. The predicted octanol–water partition coefficient (Wildman–Crippen LogP) is 6.23. The first-order valence-corrected chi connectivity index (χ1v) is 12.4. The molecule has 1 heterocycles. The van der Waals surface area contributed by atoms with E-state index in [1.165, 1.54) is 0 Å². The van der Waals surface area contributed by atoms with Crippen molar-refractivity contribution in [2.24, 2.45) is 5.92 Å². The van der Waals surface area contributed by atoms with Crippen LogP contribution >= 0.6 is 15.9 Å². The number of nitrogens with zero attached hydrogens (tertiary/aromatic N) is 3. The molecule has 4 rings (SSSR count). The summed E-state index contributed by atoms with van der Waals surface area (Å²) in [5.74, 6) is 1.99. The highest BCUT2D eigenvalue weighted by Crippen LogP contribution is 2.29. The molecule has 0 aliphatic carbocycles. The quantitative estimate of drug-likeness (QED) is 0.286. The number of nitrogens with one attached hydrogen (secondary N) is 1. The smallest absolute Gasteiger partial charge is 0.222 e. The van der Waals surface area contributed by atoms with Crippen LogP contribution in [0, 0.1) is 5.92 Å².